The summed E-state index contributed by atoms with van der Waals surface area (Å²) in [6, 6.07) is 17.1. The number of nitrogens with zero attached hydrogens (tertiary/aromatic N) is 1. The number of amides is 1. The number of hydrogen-bond donors (Lipinski definition) is 3. The normalized spacial score (nSPS) is 17.7. The van der Waals surface area contributed by atoms with Crippen molar-refractivity contribution >= 4 is 28.8 Å². The van der Waals surface area contributed by atoms with Crippen LogP contribution in [0.4, 0.5) is 4.79 Å². The van der Waals surface area contributed by atoms with Crippen molar-refractivity contribution in [2.45, 2.75) is 25.1 Å². The summed E-state index contributed by atoms with van der Waals surface area (Å²) in [6.45, 7) is 0.731. The Morgan fingerprint density at radius 2 is 2.03 bits per heavy atom. The Labute approximate surface area is 174 Å². The van der Waals surface area contributed by atoms with Gasteiger partial charge in [0.25, 0.3) is 0 Å². The maximum atomic E-state index is 12.5. The van der Waals surface area contributed by atoms with Gasteiger partial charge in [-0.15, -0.1) is 0 Å². The molecule has 6 nitrogen and oxygen atoms in total. The lowest BCUT2D eigenvalue weighted by molar-refractivity contribution is -0.140. The zero-order valence-corrected chi connectivity index (χ0v) is 17.1. The van der Waals surface area contributed by atoms with Crippen LogP contribution in [0.5, 0.6) is 0 Å². The van der Waals surface area contributed by atoms with Crippen LogP contribution in [0.1, 0.15) is 22.9 Å². The van der Waals surface area contributed by atoms with E-state index in [1.165, 1.54) is 16.0 Å². The number of aromatic amines is 1. The van der Waals surface area contributed by atoms with E-state index < -0.39 is 6.09 Å². The maximum Gasteiger partial charge on any atom is 0.407 e. The predicted molar refractivity (Wildman–Crippen MR) is 115 cm³/mol. The van der Waals surface area contributed by atoms with Gasteiger partial charge in [-0.2, -0.15) is 16.8 Å². The Morgan fingerprint density at radius 3 is 2.83 bits per heavy atom. The second kappa shape index (κ2) is 8.90. The van der Waals surface area contributed by atoms with E-state index in [1.54, 1.807) is 11.8 Å². The zero-order valence-electron chi connectivity index (χ0n) is 16.3. The highest BCUT2D eigenvalue weighted by atomic mass is 32.2. The number of hydroxylamine groups is 2. The first-order valence-corrected chi connectivity index (χ1v) is 11.1. The molecule has 1 amide bonds. The molecule has 1 aliphatic rings. The molecular weight excluding hydrogens is 386 g/mol. The largest absolute Gasteiger partial charge is 0.445 e. The first-order valence-electron chi connectivity index (χ1n) is 9.68. The van der Waals surface area contributed by atoms with Gasteiger partial charge in [0.2, 0.25) is 0 Å². The van der Waals surface area contributed by atoms with Gasteiger partial charge < -0.3 is 20.2 Å². The summed E-state index contributed by atoms with van der Waals surface area (Å²) < 4.78 is 5.41. The number of hydrogen-bond acceptors (Lipinski definition) is 5. The van der Waals surface area contributed by atoms with E-state index in [9.17, 15) is 10.0 Å². The fourth-order valence-corrected chi connectivity index (χ4v) is 4.60. The number of rotatable bonds is 6. The molecule has 3 aromatic rings. The molecule has 2 heterocycles. The third-order valence-corrected chi connectivity index (χ3v) is 5.99. The van der Waals surface area contributed by atoms with Crippen LogP contribution in [0.15, 0.2) is 54.6 Å². The number of thioether (sulfide) groups is 1. The molecule has 0 bridgehead atoms. The number of benzene rings is 2. The van der Waals surface area contributed by atoms with Gasteiger partial charge in [0.15, 0.2) is 0 Å². The molecule has 0 aliphatic carbocycles. The summed E-state index contributed by atoms with van der Waals surface area (Å²) >= 11 is 1.62. The first kappa shape index (κ1) is 19.8. The van der Waals surface area contributed by atoms with E-state index in [1.807, 2.05) is 54.8 Å². The number of aromatic nitrogens is 1. The highest BCUT2D eigenvalue weighted by Gasteiger charge is 2.36. The van der Waals surface area contributed by atoms with E-state index in [2.05, 4.69) is 16.4 Å². The summed E-state index contributed by atoms with van der Waals surface area (Å²) in [6.07, 6.45) is 2.27. The van der Waals surface area contributed by atoms with Gasteiger partial charge in [-0.25, -0.2) is 4.79 Å². The average molecular weight is 412 g/mol. The second-order valence-corrected chi connectivity index (χ2v) is 8.10. The lowest BCUT2D eigenvalue weighted by atomic mass is 9.95. The van der Waals surface area contributed by atoms with E-state index in [4.69, 9.17) is 4.74 Å². The molecule has 1 aromatic heterocycles. The zero-order chi connectivity index (χ0) is 20.2. The van der Waals surface area contributed by atoms with Gasteiger partial charge in [0, 0.05) is 28.9 Å². The van der Waals surface area contributed by atoms with Crippen LogP contribution < -0.4 is 5.32 Å². The van der Waals surface area contributed by atoms with Crippen LogP contribution >= 0.6 is 11.8 Å². The molecule has 0 saturated carbocycles. The number of para-hydroxylation sites is 1. The molecule has 29 heavy (non-hydrogen) atoms. The molecule has 152 valence electrons. The Kier molecular flexibility index (Phi) is 6.08. The van der Waals surface area contributed by atoms with E-state index >= 15 is 0 Å². The van der Waals surface area contributed by atoms with Crippen molar-refractivity contribution < 1.29 is 14.7 Å². The summed E-state index contributed by atoms with van der Waals surface area (Å²) in [5, 5.41) is 16.1. The van der Waals surface area contributed by atoms with Gasteiger partial charge in [-0.1, -0.05) is 48.5 Å². The van der Waals surface area contributed by atoms with Crippen molar-refractivity contribution in [1.29, 1.82) is 0 Å². The molecule has 0 spiro atoms. The number of fused-ring (bicyclic) bond motifs is 3. The number of carbonyl (C=O) groups is 1. The number of alkyl carbamates (subject to hydrolysis) is 1. The van der Waals surface area contributed by atoms with Gasteiger partial charge in [-0.05, 0) is 29.9 Å². The van der Waals surface area contributed by atoms with Gasteiger partial charge in [0.05, 0.1) is 12.1 Å². The molecule has 0 saturated heterocycles. The lowest BCUT2D eigenvalue weighted by Gasteiger charge is -2.36. The smallest absolute Gasteiger partial charge is 0.407 e. The minimum Gasteiger partial charge on any atom is -0.445 e. The van der Waals surface area contributed by atoms with Crippen LogP contribution in [0.25, 0.3) is 10.9 Å². The van der Waals surface area contributed by atoms with Gasteiger partial charge in [0.1, 0.15) is 6.61 Å². The fraction of sp³-hybridized carbons (Fsp3) is 0.318. The highest BCUT2D eigenvalue weighted by molar-refractivity contribution is 7.98. The minimum absolute atomic E-state index is 0.212. The fourth-order valence-electron chi connectivity index (χ4n) is 3.97. The summed E-state index contributed by atoms with van der Waals surface area (Å²) in [7, 11) is 0. The third kappa shape index (κ3) is 4.27. The Morgan fingerprint density at radius 1 is 1.28 bits per heavy atom. The molecule has 0 radical (unpaired) electrons. The van der Waals surface area contributed by atoms with Crippen molar-refractivity contribution in [2.24, 2.45) is 0 Å². The van der Waals surface area contributed by atoms with Gasteiger partial charge in [-0.3, -0.25) is 0 Å². The van der Waals surface area contributed by atoms with Crippen molar-refractivity contribution in [3.8, 4) is 0 Å². The second-order valence-electron chi connectivity index (χ2n) is 7.19. The van der Waals surface area contributed by atoms with Crippen LogP contribution in [0.2, 0.25) is 0 Å². The van der Waals surface area contributed by atoms with Crippen molar-refractivity contribution in [1.82, 2.24) is 15.4 Å². The summed E-state index contributed by atoms with van der Waals surface area (Å²) in [5.41, 5.74) is 4.15. The minimum atomic E-state index is -0.482. The van der Waals surface area contributed by atoms with Crippen LogP contribution in [-0.2, 0) is 17.8 Å². The molecule has 2 aromatic carbocycles. The molecule has 3 N–H and O–H groups in total. The van der Waals surface area contributed by atoms with Crippen molar-refractivity contribution in [2.75, 3.05) is 18.6 Å². The molecular formula is C22H25N3O3S. The molecule has 1 aliphatic heterocycles. The van der Waals surface area contributed by atoms with Crippen molar-refractivity contribution in [3.05, 3.63) is 71.4 Å². The molecule has 4 rings (SSSR count). The number of H-pyrrole nitrogens is 1. The monoisotopic (exact) mass is 411 g/mol. The first-order chi connectivity index (χ1) is 14.2. The van der Waals surface area contributed by atoms with E-state index in [-0.39, 0.29) is 18.7 Å². The van der Waals surface area contributed by atoms with Crippen molar-refractivity contribution in [3.63, 3.8) is 0 Å². The Bertz CT molecular complexity index is 976. The van der Waals surface area contributed by atoms with E-state index in [0.29, 0.717) is 12.3 Å². The van der Waals surface area contributed by atoms with Gasteiger partial charge >= 0.3 is 6.09 Å². The maximum absolute atomic E-state index is 12.5. The summed E-state index contributed by atoms with van der Waals surface area (Å²) in [5.74, 6) is 0.650. The van der Waals surface area contributed by atoms with Crippen LogP contribution in [0.3, 0.4) is 0 Å². The van der Waals surface area contributed by atoms with E-state index in [0.717, 1.165) is 23.2 Å². The third-order valence-electron chi connectivity index (χ3n) is 5.30. The average Bonchev–Trinajstić information content (AvgIpc) is 3.11. The number of ether oxygens (including phenoxy) is 1. The Balaban J connectivity index is 1.54. The molecule has 0 fully saturated rings. The number of carbonyl (C=O) groups excluding carboxylic acids is 1. The predicted octanol–water partition coefficient (Wildman–Crippen LogP) is 4.11. The van der Waals surface area contributed by atoms with Crippen LogP contribution in [-0.4, -0.2) is 45.9 Å². The van der Waals surface area contributed by atoms with Crippen LogP contribution in [0, 0.1) is 0 Å². The quantitative estimate of drug-likeness (QED) is 0.569. The SMILES string of the molecule is CSC[C@H](NC(=O)OCc1ccccc1)[C@@H]1c2[nH]c3ccccc3c2CCN1O. The topological polar surface area (TPSA) is 77.6 Å². The summed E-state index contributed by atoms with van der Waals surface area (Å²) in [4.78, 5) is 15.9. The molecule has 0 unspecified atom stereocenters. The lowest BCUT2D eigenvalue weighted by Crippen LogP contribution is -2.49. The standard InChI is InChI=1S/C22H25N3O3S/c1-29-14-19(24-22(26)28-13-15-7-3-2-4-8-15)21-20-17(11-12-25(21)27)16-9-5-6-10-18(16)23-20/h2-10,19,21,23,27H,11-14H2,1H3,(H,24,26)/t19-,21+/m0/s1. The Hall–Kier alpha value is -2.48. The highest BCUT2D eigenvalue weighted by Crippen LogP contribution is 2.36. The molecule has 2 atom stereocenters. The molecule has 7 heteroatoms. The number of nitrogens with one attached hydrogen (secondary N) is 2.